The molecule has 2 aromatic carbocycles. The Morgan fingerprint density at radius 2 is 1.38 bits per heavy atom. The molecule has 3 aromatic rings. The molecule has 0 spiro atoms. The topological polar surface area (TPSA) is 47.9 Å². The van der Waals surface area contributed by atoms with Gasteiger partial charge in [0.1, 0.15) is 5.60 Å². The highest BCUT2D eigenvalue weighted by Gasteiger charge is 2.71. The van der Waals surface area contributed by atoms with Gasteiger partial charge in [0.15, 0.2) is 5.79 Å². The smallest absolute Gasteiger partial charge is 0.261 e. The Labute approximate surface area is 293 Å². The van der Waals surface area contributed by atoms with Gasteiger partial charge in [-0.2, -0.15) is 0 Å². The minimum atomic E-state index is -2.68. The minimum absolute atomic E-state index is 0.0367. The van der Waals surface area contributed by atoms with E-state index in [1.54, 1.807) is 11.3 Å². The molecule has 1 N–H and O–H groups in total. The van der Waals surface area contributed by atoms with Crippen LogP contribution in [0.5, 0.6) is 0 Å². The third-order valence-corrected chi connectivity index (χ3v) is 20.4. The second-order valence-electron chi connectivity index (χ2n) is 18.0. The number of ether oxygens (including phenoxy) is 2. The number of fused-ring (bicyclic) bond motifs is 8. The molecule has 4 saturated carbocycles. The second-order valence-corrected chi connectivity index (χ2v) is 23.2. The van der Waals surface area contributed by atoms with Crippen LogP contribution >= 0.6 is 11.3 Å². The molecule has 4 aliphatic carbocycles. The first-order chi connectivity index (χ1) is 22.7. The van der Waals surface area contributed by atoms with Crippen molar-refractivity contribution in [3.05, 3.63) is 83.1 Å². The maximum Gasteiger partial charge on any atom is 0.261 e. The van der Waals surface area contributed by atoms with Crippen molar-refractivity contribution in [1.29, 1.82) is 0 Å². The van der Waals surface area contributed by atoms with Gasteiger partial charge in [-0.3, -0.25) is 0 Å². The Morgan fingerprint density at radius 3 is 1.98 bits per heavy atom. The van der Waals surface area contributed by atoms with Gasteiger partial charge in [-0.05, 0) is 115 Å². The van der Waals surface area contributed by atoms with E-state index in [2.05, 4.69) is 127 Å². The summed E-state index contributed by atoms with van der Waals surface area (Å²) in [7, 11) is -2.68. The summed E-state index contributed by atoms with van der Waals surface area (Å²) in [6, 6.07) is 26.5. The first-order valence-electron chi connectivity index (χ1n) is 18.6. The van der Waals surface area contributed by atoms with Crippen LogP contribution in [-0.4, -0.2) is 37.5 Å². The normalized spacial score (nSPS) is 40.5. The zero-order valence-electron chi connectivity index (χ0n) is 30.1. The SMILES string of the molecule is CC1(C)O[C@H]2[C@H](O1)C1[C@H](CC[C@@]3(C)[C@H]1CC[C@@]3(O)c1cccs1)[C@@]1(C)CC[C@H](O[Si](c3ccccc3)(c3ccccc3)C(C)(C)C)C[C@H]21. The molecule has 6 heteroatoms. The van der Waals surface area contributed by atoms with Crippen LogP contribution in [0.3, 0.4) is 0 Å². The molecule has 48 heavy (non-hydrogen) atoms. The summed E-state index contributed by atoms with van der Waals surface area (Å²) < 4.78 is 21.9. The molecule has 0 bridgehead atoms. The van der Waals surface area contributed by atoms with E-state index >= 15 is 0 Å². The van der Waals surface area contributed by atoms with Crippen LogP contribution in [-0.2, 0) is 19.5 Å². The fourth-order valence-electron chi connectivity index (χ4n) is 12.1. The Kier molecular flexibility index (Phi) is 7.88. The van der Waals surface area contributed by atoms with Crippen molar-refractivity contribution in [3.8, 4) is 0 Å². The first kappa shape index (κ1) is 33.3. The van der Waals surface area contributed by atoms with Crippen molar-refractivity contribution in [2.45, 2.75) is 128 Å². The van der Waals surface area contributed by atoms with Crippen LogP contribution in [0.1, 0.15) is 98.3 Å². The lowest BCUT2D eigenvalue weighted by molar-refractivity contribution is -0.204. The van der Waals surface area contributed by atoms with Crippen LogP contribution in [0.4, 0.5) is 0 Å². The summed E-state index contributed by atoms with van der Waals surface area (Å²) in [6.45, 7) is 16.4. The lowest BCUT2D eigenvalue weighted by Gasteiger charge is -2.64. The van der Waals surface area contributed by atoms with Gasteiger partial charge in [0, 0.05) is 16.4 Å². The van der Waals surface area contributed by atoms with Crippen molar-refractivity contribution in [3.63, 3.8) is 0 Å². The molecule has 4 nitrogen and oxygen atoms in total. The van der Waals surface area contributed by atoms with Crippen molar-refractivity contribution in [1.82, 2.24) is 0 Å². The summed E-state index contributed by atoms with van der Waals surface area (Å²) in [5.41, 5.74) is -0.779. The molecule has 2 heterocycles. The lowest BCUT2D eigenvalue weighted by Crippen LogP contribution is -2.69. The predicted molar refractivity (Wildman–Crippen MR) is 197 cm³/mol. The largest absolute Gasteiger partial charge is 0.404 e. The van der Waals surface area contributed by atoms with Gasteiger partial charge in [0.05, 0.1) is 12.2 Å². The maximum absolute atomic E-state index is 12.5. The van der Waals surface area contributed by atoms with Crippen LogP contribution in [0, 0.1) is 34.5 Å². The fraction of sp³-hybridized carbons (Fsp3) is 0.619. The Morgan fingerprint density at radius 1 is 0.750 bits per heavy atom. The first-order valence-corrected chi connectivity index (χ1v) is 21.4. The zero-order valence-corrected chi connectivity index (χ0v) is 31.9. The molecule has 5 aliphatic rings. The highest BCUT2D eigenvalue weighted by Crippen LogP contribution is 2.72. The number of benzene rings is 2. The third-order valence-electron chi connectivity index (χ3n) is 14.3. The molecular weight excluding hydrogens is 629 g/mol. The molecule has 10 atom stereocenters. The Bertz CT molecular complexity index is 1560. The number of hydrogen-bond donors (Lipinski definition) is 1. The van der Waals surface area contributed by atoms with Gasteiger partial charge in [-0.15, -0.1) is 11.3 Å². The number of hydrogen-bond acceptors (Lipinski definition) is 5. The third kappa shape index (κ3) is 4.72. The number of aliphatic hydroxyl groups is 1. The van der Waals surface area contributed by atoms with Gasteiger partial charge in [0.2, 0.25) is 0 Å². The molecule has 0 radical (unpaired) electrons. The molecule has 0 amide bonds. The van der Waals surface area contributed by atoms with E-state index in [0.717, 1.165) is 49.8 Å². The molecule has 1 unspecified atom stereocenters. The van der Waals surface area contributed by atoms with Gasteiger partial charge in [-0.1, -0.05) is 101 Å². The Balaban J connectivity index is 1.16. The van der Waals surface area contributed by atoms with Crippen molar-refractivity contribution in [2.75, 3.05) is 0 Å². The van der Waals surface area contributed by atoms with E-state index in [-0.39, 0.29) is 34.2 Å². The number of rotatable bonds is 5. The molecule has 1 aromatic heterocycles. The lowest BCUT2D eigenvalue weighted by atomic mass is 9.43. The summed E-state index contributed by atoms with van der Waals surface area (Å²) in [5, 5.41) is 17.2. The van der Waals surface area contributed by atoms with E-state index in [1.165, 1.54) is 10.4 Å². The van der Waals surface area contributed by atoms with E-state index in [9.17, 15) is 5.11 Å². The van der Waals surface area contributed by atoms with Crippen LogP contribution in [0.15, 0.2) is 78.2 Å². The van der Waals surface area contributed by atoms with E-state index in [1.807, 2.05) is 0 Å². The van der Waals surface area contributed by atoms with E-state index < -0.39 is 19.7 Å². The standard InChI is InChI=1S/C42H56O4SSi/c1-38(2,3)48(29-15-10-8-11-16-29,30-17-12-9-13-18-30)46-28-20-23-40(6)31-21-24-41(7)32(22-25-42(41,43)34-19-14-26-47-34)35(31)37-36(33(40)27-28)44-39(4,5)45-37/h8-19,26,28,31-33,35-37,43H,20-25,27H2,1-7H3/t28-,31-,32-,33+,35?,36+,37+,40+,41-,42+/m0/s1. The van der Waals surface area contributed by atoms with Crippen LogP contribution < -0.4 is 10.4 Å². The van der Waals surface area contributed by atoms with Gasteiger partial charge < -0.3 is 19.0 Å². The predicted octanol–water partition coefficient (Wildman–Crippen LogP) is 8.66. The average molecular weight is 685 g/mol. The molecule has 8 rings (SSSR count). The van der Waals surface area contributed by atoms with Gasteiger partial charge in [0.25, 0.3) is 8.32 Å². The monoisotopic (exact) mass is 684 g/mol. The van der Waals surface area contributed by atoms with Gasteiger partial charge in [-0.25, -0.2) is 0 Å². The number of thiophene rings is 1. The van der Waals surface area contributed by atoms with Crippen molar-refractivity contribution in [2.24, 2.45) is 34.5 Å². The molecule has 1 saturated heterocycles. The molecular formula is C42H56O4SSi. The summed E-state index contributed by atoms with van der Waals surface area (Å²) in [5.74, 6) is 1.10. The summed E-state index contributed by atoms with van der Waals surface area (Å²) >= 11 is 1.73. The van der Waals surface area contributed by atoms with Gasteiger partial charge >= 0.3 is 0 Å². The molecule has 258 valence electrons. The highest BCUT2D eigenvalue weighted by molar-refractivity contribution is 7.10. The summed E-state index contributed by atoms with van der Waals surface area (Å²) in [6.07, 6.45) is 7.57. The van der Waals surface area contributed by atoms with Crippen LogP contribution in [0.2, 0.25) is 5.04 Å². The Hall–Kier alpha value is -1.80. The fourth-order valence-corrected chi connectivity index (χ4v) is 17.9. The van der Waals surface area contributed by atoms with Crippen molar-refractivity contribution >= 4 is 30.0 Å². The second kappa shape index (κ2) is 11.3. The quantitative estimate of drug-likeness (QED) is 0.274. The van der Waals surface area contributed by atoms with Crippen molar-refractivity contribution < 1.29 is 19.0 Å². The zero-order chi connectivity index (χ0) is 33.7. The average Bonchev–Trinajstić information content (AvgIpc) is 3.77. The minimum Gasteiger partial charge on any atom is -0.404 e. The maximum atomic E-state index is 12.5. The van der Waals surface area contributed by atoms with E-state index in [4.69, 9.17) is 13.9 Å². The van der Waals surface area contributed by atoms with Crippen LogP contribution in [0.25, 0.3) is 0 Å². The summed E-state index contributed by atoms with van der Waals surface area (Å²) in [4.78, 5) is 1.15. The highest BCUT2D eigenvalue weighted by atomic mass is 32.1. The molecule has 5 fully saturated rings. The van der Waals surface area contributed by atoms with E-state index in [0.29, 0.717) is 23.7 Å². The molecule has 1 aliphatic heterocycles.